The Labute approximate surface area is 101 Å². The molecule has 3 N–H and O–H groups in total. The number of nitrogens with zero attached hydrogens (tertiary/aromatic N) is 3. The molecule has 0 spiro atoms. The molecule has 0 fully saturated rings. The van der Waals surface area contributed by atoms with E-state index in [2.05, 4.69) is 30.7 Å². The molecule has 0 aliphatic carbocycles. The summed E-state index contributed by atoms with van der Waals surface area (Å²) in [4.78, 5) is 0. The first-order chi connectivity index (χ1) is 8.14. The minimum atomic E-state index is -3.24. The average Bonchev–Trinajstić information content (AvgIpc) is 2.79. The summed E-state index contributed by atoms with van der Waals surface area (Å²) in [6.07, 6.45) is 1.48. The van der Waals surface area contributed by atoms with Gasteiger partial charge in [0.1, 0.15) is 0 Å². The molecule has 1 aromatic heterocycles. The summed E-state index contributed by atoms with van der Waals surface area (Å²) in [5.74, 6) is 0.456. The van der Waals surface area contributed by atoms with Crippen LogP contribution in [-0.4, -0.2) is 47.9 Å². The molecule has 0 saturated heterocycles. The molecule has 17 heavy (non-hydrogen) atoms. The largest absolute Gasteiger partial charge is 0.317 e. The normalized spacial score (nSPS) is 11.8. The molecule has 0 aromatic carbocycles. The van der Waals surface area contributed by atoms with E-state index in [1.165, 1.54) is 0 Å². The summed E-state index contributed by atoms with van der Waals surface area (Å²) in [6, 6.07) is 0. The van der Waals surface area contributed by atoms with Crippen molar-refractivity contribution in [2.45, 2.75) is 26.3 Å². The van der Waals surface area contributed by atoms with Crippen LogP contribution in [0.4, 0.5) is 0 Å². The van der Waals surface area contributed by atoms with Crippen LogP contribution in [0.15, 0.2) is 0 Å². The fraction of sp³-hybridized carbons (Fsp3) is 0.875. The quantitative estimate of drug-likeness (QED) is 0.492. The Hall–Kier alpha value is -1.06. The topological polar surface area (TPSA) is 113 Å². The van der Waals surface area contributed by atoms with Crippen LogP contribution in [0.25, 0.3) is 0 Å². The molecule has 0 radical (unpaired) electrons. The Kier molecular flexibility index (Phi) is 6.01. The third-order valence-electron chi connectivity index (χ3n) is 2.11. The number of unbranched alkanes of at least 4 members (excludes halogenated alkanes) is 1. The van der Waals surface area contributed by atoms with E-state index in [0.717, 1.165) is 19.5 Å². The highest BCUT2D eigenvalue weighted by atomic mass is 32.2. The molecular weight excluding hydrogens is 244 g/mol. The van der Waals surface area contributed by atoms with Gasteiger partial charge in [0, 0.05) is 0 Å². The van der Waals surface area contributed by atoms with Crippen molar-refractivity contribution in [2.24, 2.45) is 0 Å². The van der Waals surface area contributed by atoms with E-state index in [4.69, 9.17) is 0 Å². The molecule has 0 aliphatic rings. The Morgan fingerprint density at radius 1 is 1.35 bits per heavy atom. The van der Waals surface area contributed by atoms with Crippen LogP contribution in [0.3, 0.4) is 0 Å². The minimum absolute atomic E-state index is 0.0754. The van der Waals surface area contributed by atoms with Crippen molar-refractivity contribution in [3.8, 4) is 0 Å². The van der Waals surface area contributed by atoms with Crippen molar-refractivity contribution in [2.75, 3.05) is 18.8 Å². The number of rotatable bonds is 9. The monoisotopic (exact) mass is 262 g/mol. The highest BCUT2D eigenvalue weighted by molar-refractivity contribution is 7.89. The Morgan fingerprint density at radius 2 is 2.18 bits per heavy atom. The second-order valence-electron chi connectivity index (χ2n) is 3.53. The summed E-state index contributed by atoms with van der Waals surface area (Å²) in [5.41, 5.74) is 0. The van der Waals surface area contributed by atoms with Gasteiger partial charge in [-0.1, -0.05) is 12.1 Å². The van der Waals surface area contributed by atoms with Gasteiger partial charge in [0.25, 0.3) is 0 Å². The lowest BCUT2D eigenvalue weighted by atomic mass is 10.3. The first-order valence-corrected chi connectivity index (χ1v) is 7.19. The SMILES string of the molecule is CCNCCCCS(=O)(=O)NCc1nn[nH]n1. The maximum atomic E-state index is 11.5. The maximum Gasteiger partial charge on any atom is 0.212 e. The van der Waals surface area contributed by atoms with Gasteiger partial charge in [0.15, 0.2) is 5.82 Å². The van der Waals surface area contributed by atoms with Gasteiger partial charge in [-0.25, -0.2) is 13.1 Å². The van der Waals surface area contributed by atoms with E-state index in [9.17, 15) is 8.42 Å². The highest BCUT2D eigenvalue weighted by Crippen LogP contribution is 1.95. The molecule has 0 bridgehead atoms. The molecule has 0 amide bonds. The van der Waals surface area contributed by atoms with Gasteiger partial charge in [-0.05, 0) is 25.9 Å². The minimum Gasteiger partial charge on any atom is -0.317 e. The molecule has 0 atom stereocenters. The van der Waals surface area contributed by atoms with Crippen LogP contribution in [0.2, 0.25) is 0 Å². The van der Waals surface area contributed by atoms with Gasteiger partial charge < -0.3 is 5.32 Å². The number of hydrogen-bond donors (Lipinski definition) is 3. The third-order valence-corrected chi connectivity index (χ3v) is 3.52. The molecule has 1 aromatic rings. The maximum absolute atomic E-state index is 11.5. The number of tetrazole rings is 1. The lowest BCUT2D eigenvalue weighted by Crippen LogP contribution is -2.27. The van der Waals surface area contributed by atoms with Gasteiger partial charge in [0.2, 0.25) is 10.0 Å². The molecule has 9 heteroatoms. The average molecular weight is 262 g/mol. The number of hydrogen-bond acceptors (Lipinski definition) is 6. The molecular formula is C8H18N6O2S. The molecule has 0 aliphatic heterocycles. The van der Waals surface area contributed by atoms with Gasteiger partial charge in [-0.15, -0.1) is 10.2 Å². The Morgan fingerprint density at radius 3 is 2.82 bits per heavy atom. The van der Waals surface area contributed by atoms with E-state index in [-0.39, 0.29) is 12.3 Å². The first-order valence-electron chi connectivity index (χ1n) is 5.54. The van der Waals surface area contributed by atoms with Crippen molar-refractivity contribution in [3.05, 3.63) is 5.82 Å². The summed E-state index contributed by atoms with van der Waals surface area (Å²) >= 11 is 0. The molecule has 1 heterocycles. The summed E-state index contributed by atoms with van der Waals surface area (Å²) in [6.45, 7) is 3.84. The van der Waals surface area contributed by atoms with Gasteiger partial charge in [-0.3, -0.25) is 0 Å². The van der Waals surface area contributed by atoms with E-state index in [1.54, 1.807) is 0 Å². The van der Waals surface area contributed by atoms with Crippen LogP contribution >= 0.6 is 0 Å². The number of nitrogens with one attached hydrogen (secondary N) is 3. The van der Waals surface area contributed by atoms with Crippen molar-refractivity contribution in [1.82, 2.24) is 30.7 Å². The van der Waals surface area contributed by atoms with Crippen molar-refractivity contribution >= 4 is 10.0 Å². The van der Waals surface area contributed by atoms with Gasteiger partial charge in [0.05, 0.1) is 12.3 Å². The van der Waals surface area contributed by atoms with Crippen molar-refractivity contribution < 1.29 is 8.42 Å². The number of aromatic nitrogens is 4. The van der Waals surface area contributed by atoms with Crippen molar-refractivity contribution in [1.29, 1.82) is 0 Å². The molecule has 0 saturated carbocycles. The van der Waals surface area contributed by atoms with E-state index < -0.39 is 10.0 Å². The number of aromatic amines is 1. The summed E-state index contributed by atoms with van der Waals surface area (Å²) < 4.78 is 25.5. The van der Waals surface area contributed by atoms with E-state index in [1.807, 2.05) is 6.92 Å². The second-order valence-corrected chi connectivity index (χ2v) is 5.46. The summed E-state index contributed by atoms with van der Waals surface area (Å²) in [5, 5.41) is 16.1. The van der Waals surface area contributed by atoms with Crippen LogP contribution < -0.4 is 10.0 Å². The zero-order chi connectivity index (χ0) is 12.6. The number of sulfonamides is 1. The third kappa shape index (κ3) is 6.29. The summed E-state index contributed by atoms with van der Waals surface area (Å²) in [7, 11) is -3.24. The number of H-pyrrole nitrogens is 1. The van der Waals surface area contributed by atoms with Crippen molar-refractivity contribution in [3.63, 3.8) is 0 Å². The van der Waals surface area contributed by atoms with E-state index in [0.29, 0.717) is 12.2 Å². The van der Waals surface area contributed by atoms with Crippen LogP contribution in [0.5, 0.6) is 0 Å². The van der Waals surface area contributed by atoms with Crippen LogP contribution in [-0.2, 0) is 16.6 Å². The zero-order valence-corrected chi connectivity index (χ0v) is 10.6. The molecule has 8 nitrogen and oxygen atoms in total. The Bertz CT molecular complexity index is 390. The first kappa shape index (κ1) is 14.0. The lowest BCUT2D eigenvalue weighted by molar-refractivity contribution is 0.572. The van der Waals surface area contributed by atoms with Crippen LogP contribution in [0, 0.1) is 0 Å². The zero-order valence-electron chi connectivity index (χ0n) is 9.81. The lowest BCUT2D eigenvalue weighted by Gasteiger charge is -2.04. The predicted molar refractivity (Wildman–Crippen MR) is 62.6 cm³/mol. The van der Waals surface area contributed by atoms with Gasteiger partial charge >= 0.3 is 0 Å². The van der Waals surface area contributed by atoms with Gasteiger partial charge in [-0.2, -0.15) is 5.21 Å². The fourth-order valence-electron chi connectivity index (χ4n) is 1.22. The molecule has 98 valence electrons. The van der Waals surface area contributed by atoms with Crippen LogP contribution in [0.1, 0.15) is 25.6 Å². The Balaban J connectivity index is 2.17. The molecule has 1 rings (SSSR count). The smallest absolute Gasteiger partial charge is 0.212 e. The molecule has 0 unspecified atom stereocenters. The van der Waals surface area contributed by atoms with E-state index >= 15 is 0 Å². The predicted octanol–water partition coefficient (Wildman–Crippen LogP) is -0.991. The standard InChI is InChI=1S/C8H18N6O2S/c1-2-9-5-3-4-6-17(15,16)10-7-8-11-13-14-12-8/h9-10H,2-7H2,1H3,(H,11,12,13,14). The highest BCUT2D eigenvalue weighted by Gasteiger charge is 2.10. The second kappa shape index (κ2) is 7.30. The fourth-order valence-corrected chi connectivity index (χ4v) is 2.30.